The minimum Gasteiger partial charge on any atom is -0.465 e. The fraction of sp³-hybridized carbons (Fsp3) is 0.222. The van der Waals surface area contributed by atoms with Crippen LogP contribution in [0.25, 0.3) is 0 Å². The summed E-state index contributed by atoms with van der Waals surface area (Å²) >= 11 is 0. The van der Waals surface area contributed by atoms with Gasteiger partial charge in [-0.25, -0.2) is 4.79 Å². The van der Waals surface area contributed by atoms with E-state index in [2.05, 4.69) is 5.32 Å². The van der Waals surface area contributed by atoms with Gasteiger partial charge in [-0.3, -0.25) is 4.79 Å². The lowest BCUT2D eigenvalue weighted by Gasteiger charge is -2.10. The van der Waals surface area contributed by atoms with E-state index in [9.17, 15) is 9.59 Å². The normalized spacial score (nSPS) is 10.1. The topological polar surface area (TPSA) is 55.4 Å². The lowest BCUT2D eigenvalue weighted by atomic mass is 10.1. The first-order chi connectivity index (χ1) is 10.5. The van der Waals surface area contributed by atoms with Gasteiger partial charge in [-0.1, -0.05) is 35.9 Å². The fourth-order valence-electron chi connectivity index (χ4n) is 2.20. The van der Waals surface area contributed by atoms with Crippen molar-refractivity contribution >= 4 is 17.6 Å². The van der Waals surface area contributed by atoms with Crippen molar-refractivity contribution in [3.05, 3.63) is 64.7 Å². The average Bonchev–Trinajstić information content (AvgIpc) is 2.48. The number of hydrogen-bond acceptors (Lipinski definition) is 3. The Bertz CT molecular complexity index is 707. The molecule has 0 aliphatic carbocycles. The summed E-state index contributed by atoms with van der Waals surface area (Å²) in [6, 6.07) is 12.9. The van der Waals surface area contributed by atoms with E-state index in [1.165, 1.54) is 7.11 Å². The Morgan fingerprint density at radius 2 is 1.86 bits per heavy atom. The predicted octanol–water partition coefficient (Wildman–Crippen LogP) is 3.27. The zero-order valence-electron chi connectivity index (χ0n) is 13.0. The molecule has 0 heterocycles. The Balaban J connectivity index is 2.12. The second kappa shape index (κ2) is 6.89. The molecule has 22 heavy (non-hydrogen) atoms. The molecular formula is C18H19NO3. The zero-order chi connectivity index (χ0) is 16.1. The molecule has 2 rings (SSSR count). The van der Waals surface area contributed by atoms with E-state index >= 15 is 0 Å². The molecule has 0 radical (unpaired) electrons. The van der Waals surface area contributed by atoms with Crippen LogP contribution in [0.15, 0.2) is 42.5 Å². The number of carbonyl (C=O) groups is 2. The van der Waals surface area contributed by atoms with Crippen LogP contribution in [0.3, 0.4) is 0 Å². The molecule has 0 saturated heterocycles. The molecule has 0 aliphatic heterocycles. The first kappa shape index (κ1) is 15.8. The Hall–Kier alpha value is -2.62. The van der Waals surface area contributed by atoms with Gasteiger partial charge in [0.2, 0.25) is 5.91 Å². The number of rotatable bonds is 4. The molecule has 114 valence electrons. The van der Waals surface area contributed by atoms with Crippen LogP contribution in [0.1, 0.15) is 27.0 Å². The summed E-state index contributed by atoms with van der Waals surface area (Å²) in [6.45, 7) is 3.87. The van der Waals surface area contributed by atoms with Crippen LogP contribution in [0.4, 0.5) is 5.69 Å². The highest BCUT2D eigenvalue weighted by atomic mass is 16.5. The summed E-state index contributed by atoms with van der Waals surface area (Å²) < 4.78 is 4.69. The molecule has 1 amide bonds. The van der Waals surface area contributed by atoms with E-state index in [0.717, 1.165) is 16.7 Å². The molecule has 0 atom stereocenters. The van der Waals surface area contributed by atoms with Crippen LogP contribution >= 0.6 is 0 Å². The van der Waals surface area contributed by atoms with Gasteiger partial charge in [0.25, 0.3) is 0 Å². The van der Waals surface area contributed by atoms with E-state index in [1.807, 2.05) is 38.1 Å². The van der Waals surface area contributed by atoms with Crippen LogP contribution in [0.5, 0.6) is 0 Å². The number of methoxy groups -OCH3 is 1. The number of amides is 1. The third-order valence-electron chi connectivity index (χ3n) is 3.38. The van der Waals surface area contributed by atoms with Gasteiger partial charge >= 0.3 is 5.97 Å². The second-order valence-corrected chi connectivity index (χ2v) is 5.24. The van der Waals surface area contributed by atoms with Crippen LogP contribution in [-0.4, -0.2) is 19.0 Å². The number of hydrogen-bond donors (Lipinski definition) is 1. The Morgan fingerprint density at radius 1 is 1.09 bits per heavy atom. The summed E-state index contributed by atoms with van der Waals surface area (Å²) in [5.74, 6) is -0.537. The number of aryl methyl sites for hydroxylation is 2. The standard InChI is InChI=1S/C18H19NO3/c1-12-5-4-6-14(9-12)10-17(20)19-16-11-15(18(21)22-3)8-7-13(16)2/h4-9,11H,10H2,1-3H3,(H,19,20). The molecule has 0 saturated carbocycles. The van der Waals surface area contributed by atoms with Crippen molar-refractivity contribution in [1.82, 2.24) is 0 Å². The van der Waals surface area contributed by atoms with Crippen LogP contribution < -0.4 is 5.32 Å². The molecule has 0 aromatic heterocycles. The predicted molar refractivity (Wildman–Crippen MR) is 86.0 cm³/mol. The van der Waals surface area contributed by atoms with Crippen LogP contribution in [0.2, 0.25) is 0 Å². The molecule has 2 aromatic carbocycles. The van der Waals surface area contributed by atoms with Crippen molar-refractivity contribution in [2.75, 3.05) is 12.4 Å². The van der Waals surface area contributed by atoms with Gasteiger partial charge in [-0.15, -0.1) is 0 Å². The van der Waals surface area contributed by atoms with Crippen molar-refractivity contribution in [2.45, 2.75) is 20.3 Å². The quantitative estimate of drug-likeness (QED) is 0.881. The molecule has 2 aromatic rings. The number of anilines is 1. The minimum absolute atomic E-state index is 0.115. The summed E-state index contributed by atoms with van der Waals surface area (Å²) in [6.07, 6.45) is 0.295. The highest BCUT2D eigenvalue weighted by Gasteiger charge is 2.10. The fourth-order valence-corrected chi connectivity index (χ4v) is 2.20. The second-order valence-electron chi connectivity index (χ2n) is 5.24. The maximum Gasteiger partial charge on any atom is 0.337 e. The molecule has 0 fully saturated rings. The van der Waals surface area contributed by atoms with Gasteiger partial charge in [0.05, 0.1) is 19.1 Å². The Morgan fingerprint density at radius 3 is 2.55 bits per heavy atom. The monoisotopic (exact) mass is 297 g/mol. The molecule has 0 bridgehead atoms. The third-order valence-corrected chi connectivity index (χ3v) is 3.38. The SMILES string of the molecule is COC(=O)c1ccc(C)c(NC(=O)Cc2cccc(C)c2)c1. The zero-order valence-corrected chi connectivity index (χ0v) is 13.0. The molecule has 0 spiro atoms. The maximum absolute atomic E-state index is 12.2. The number of ether oxygens (including phenoxy) is 1. The van der Waals surface area contributed by atoms with Crippen LogP contribution in [0, 0.1) is 13.8 Å². The van der Waals surface area contributed by atoms with Crippen LogP contribution in [-0.2, 0) is 16.0 Å². The largest absolute Gasteiger partial charge is 0.465 e. The van der Waals surface area contributed by atoms with E-state index in [-0.39, 0.29) is 5.91 Å². The maximum atomic E-state index is 12.2. The van der Waals surface area contributed by atoms with E-state index < -0.39 is 5.97 Å². The Kier molecular flexibility index (Phi) is 4.94. The van der Waals surface area contributed by atoms with Gasteiger partial charge in [0.15, 0.2) is 0 Å². The van der Waals surface area contributed by atoms with Crippen molar-refractivity contribution in [1.29, 1.82) is 0 Å². The van der Waals surface area contributed by atoms with Gasteiger partial charge < -0.3 is 10.1 Å². The lowest BCUT2D eigenvalue weighted by molar-refractivity contribution is -0.115. The van der Waals surface area contributed by atoms with Gasteiger partial charge in [0, 0.05) is 5.69 Å². The highest BCUT2D eigenvalue weighted by Crippen LogP contribution is 2.18. The van der Waals surface area contributed by atoms with Gasteiger partial charge in [-0.05, 0) is 37.1 Å². The molecular weight excluding hydrogens is 278 g/mol. The molecule has 4 heteroatoms. The van der Waals surface area contributed by atoms with Crippen molar-refractivity contribution in [3.63, 3.8) is 0 Å². The van der Waals surface area contributed by atoms with Gasteiger partial charge in [-0.2, -0.15) is 0 Å². The van der Waals surface area contributed by atoms with E-state index in [0.29, 0.717) is 17.7 Å². The van der Waals surface area contributed by atoms with E-state index in [4.69, 9.17) is 4.74 Å². The van der Waals surface area contributed by atoms with Gasteiger partial charge in [0.1, 0.15) is 0 Å². The first-order valence-corrected chi connectivity index (χ1v) is 7.04. The molecule has 0 unspecified atom stereocenters. The smallest absolute Gasteiger partial charge is 0.337 e. The third kappa shape index (κ3) is 3.95. The van der Waals surface area contributed by atoms with E-state index in [1.54, 1.807) is 18.2 Å². The number of carbonyl (C=O) groups excluding carboxylic acids is 2. The first-order valence-electron chi connectivity index (χ1n) is 7.04. The summed E-state index contributed by atoms with van der Waals surface area (Å²) in [7, 11) is 1.33. The molecule has 0 aliphatic rings. The highest BCUT2D eigenvalue weighted by molar-refractivity contribution is 5.96. The Labute approximate surface area is 130 Å². The summed E-state index contributed by atoms with van der Waals surface area (Å²) in [5.41, 5.74) is 4.01. The average molecular weight is 297 g/mol. The number of benzene rings is 2. The number of esters is 1. The molecule has 4 nitrogen and oxygen atoms in total. The summed E-state index contributed by atoms with van der Waals surface area (Å²) in [4.78, 5) is 23.7. The van der Waals surface area contributed by atoms with Crippen molar-refractivity contribution in [3.8, 4) is 0 Å². The van der Waals surface area contributed by atoms with Crippen molar-refractivity contribution in [2.24, 2.45) is 0 Å². The summed E-state index contributed by atoms with van der Waals surface area (Å²) in [5, 5.41) is 2.85. The lowest BCUT2D eigenvalue weighted by Crippen LogP contribution is -2.16. The minimum atomic E-state index is -0.422. The van der Waals surface area contributed by atoms with Crippen molar-refractivity contribution < 1.29 is 14.3 Å². The number of nitrogens with one attached hydrogen (secondary N) is 1. The molecule has 1 N–H and O–H groups in total.